The van der Waals surface area contributed by atoms with Crippen LogP contribution in [-0.2, 0) is 6.54 Å². The summed E-state index contributed by atoms with van der Waals surface area (Å²) in [6.07, 6.45) is 0. The molecule has 2 heterocycles. The second-order valence-electron chi connectivity index (χ2n) is 7.99. The van der Waals surface area contributed by atoms with Crippen molar-refractivity contribution in [2.75, 3.05) is 26.2 Å². The van der Waals surface area contributed by atoms with E-state index in [1.165, 1.54) is 5.56 Å². The maximum atomic E-state index is 13.5. The van der Waals surface area contributed by atoms with E-state index in [-0.39, 0.29) is 5.91 Å². The molecule has 31 heavy (non-hydrogen) atoms. The number of fused-ring (bicyclic) bond motifs is 1. The Morgan fingerprint density at radius 2 is 1.42 bits per heavy atom. The van der Waals surface area contributed by atoms with Gasteiger partial charge in [-0.3, -0.25) is 9.69 Å². The molecule has 0 saturated carbocycles. The van der Waals surface area contributed by atoms with Crippen molar-refractivity contribution in [1.82, 2.24) is 14.8 Å². The molecule has 0 unspecified atom stereocenters. The molecule has 0 bridgehead atoms. The molecule has 5 rings (SSSR count). The van der Waals surface area contributed by atoms with Crippen molar-refractivity contribution in [3.63, 3.8) is 0 Å². The molecule has 4 aromatic rings. The third kappa shape index (κ3) is 4.21. The van der Waals surface area contributed by atoms with Gasteiger partial charge >= 0.3 is 0 Å². The second-order valence-corrected chi connectivity index (χ2v) is 7.99. The van der Waals surface area contributed by atoms with Gasteiger partial charge in [-0.15, -0.1) is 0 Å². The third-order valence-electron chi connectivity index (χ3n) is 5.92. The lowest BCUT2D eigenvalue weighted by atomic mass is 10.0. The van der Waals surface area contributed by atoms with E-state index in [1.54, 1.807) is 0 Å². The Hall–Kier alpha value is -3.50. The maximum Gasteiger partial charge on any atom is 0.254 e. The Bertz CT molecular complexity index is 1180. The highest BCUT2D eigenvalue weighted by Gasteiger charge is 2.24. The van der Waals surface area contributed by atoms with Crippen LogP contribution in [0.2, 0.25) is 0 Å². The minimum absolute atomic E-state index is 0.0927. The fourth-order valence-corrected chi connectivity index (χ4v) is 4.23. The number of carbonyl (C=O) groups excluding carboxylic acids is 1. The lowest BCUT2D eigenvalue weighted by Crippen LogP contribution is -2.48. The molecule has 1 aliphatic heterocycles. The summed E-state index contributed by atoms with van der Waals surface area (Å²) >= 11 is 0. The number of pyridine rings is 1. The Morgan fingerprint density at radius 1 is 0.774 bits per heavy atom. The smallest absolute Gasteiger partial charge is 0.254 e. The van der Waals surface area contributed by atoms with E-state index in [0.29, 0.717) is 0 Å². The maximum absolute atomic E-state index is 13.5. The fraction of sp³-hybridized carbons (Fsp3) is 0.185. The number of para-hydroxylation sites is 1. The van der Waals surface area contributed by atoms with E-state index in [1.807, 2.05) is 71.6 Å². The zero-order valence-electron chi connectivity index (χ0n) is 17.4. The van der Waals surface area contributed by atoms with Crippen LogP contribution in [0.15, 0.2) is 91.0 Å². The van der Waals surface area contributed by atoms with E-state index >= 15 is 0 Å². The molecule has 0 aliphatic carbocycles. The van der Waals surface area contributed by atoms with Crippen molar-refractivity contribution in [3.05, 3.63) is 102 Å². The molecule has 1 aromatic heterocycles. The van der Waals surface area contributed by atoms with Gasteiger partial charge in [-0.2, -0.15) is 0 Å². The Balaban J connectivity index is 1.38. The standard InChI is InChI=1S/C27H25N3O/c31-27(30-17-15-29(16-18-30)20-21-9-3-1-4-10-21)24-19-26(22-11-5-2-6-12-22)28-25-14-8-7-13-23(24)25/h1-14,19H,15-18,20H2. The summed E-state index contributed by atoms with van der Waals surface area (Å²) in [6.45, 7) is 4.18. The largest absolute Gasteiger partial charge is 0.336 e. The van der Waals surface area contributed by atoms with Crippen LogP contribution in [0.25, 0.3) is 22.2 Å². The first-order valence-electron chi connectivity index (χ1n) is 10.8. The highest BCUT2D eigenvalue weighted by Crippen LogP contribution is 2.26. The average molecular weight is 408 g/mol. The van der Waals surface area contributed by atoms with Crippen molar-refractivity contribution < 1.29 is 4.79 Å². The van der Waals surface area contributed by atoms with Crippen LogP contribution < -0.4 is 0 Å². The zero-order valence-corrected chi connectivity index (χ0v) is 17.4. The summed E-state index contributed by atoms with van der Waals surface area (Å²) in [5.41, 5.74) is 4.77. The molecular weight excluding hydrogens is 382 g/mol. The van der Waals surface area contributed by atoms with Crippen LogP contribution >= 0.6 is 0 Å². The topological polar surface area (TPSA) is 36.4 Å². The first-order chi connectivity index (χ1) is 15.3. The third-order valence-corrected chi connectivity index (χ3v) is 5.92. The minimum atomic E-state index is 0.0927. The molecule has 0 N–H and O–H groups in total. The van der Waals surface area contributed by atoms with E-state index in [0.717, 1.165) is 60.4 Å². The summed E-state index contributed by atoms with van der Waals surface area (Å²) < 4.78 is 0. The van der Waals surface area contributed by atoms with Gasteiger partial charge < -0.3 is 4.90 Å². The highest BCUT2D eigenvalue weighted by molar-refractivity contribution is 6.07. The molecule has 1 fully saturated rings. The summed E-state index contributed by atoms with van der Waals surface area (Å²) in [7, 11) is 0. The lowest BCUT2D eigenvalue weighted by Gasteiger charge is -2.35. The molecule has 1 amide bonds. The highest BCUT2D eigenvalue weighted by atomic mass is 16.2. The number of amides is 1. The lowest BCUT2D eigenvalue weighted by molar-refractivity contribution is 0.0630. The number of rotatable bonds is 4. The molecule has 0 atom stereocenters. The minimum Gasteiger partial charge on any atom is -0.336 e. The van der Waals surface area contributed by atoms with Crippen molar-refractivity contribution in [2.24, 2.45) is 0 Å². The van der Waals surface area contributed by atoms with Gasteiger partial charge in [0.05, 0.1) is 16.8 Å². The van der Waals surface area contributed by atoms with Crippen LogP contribution in [0.5, 0.6) is 0 Å². The molecule has 1 aliphatic rings. The number of carbonyl (C=O) groups is 1. The normalized spacial score (nSPS) is 14.6. The van der Waals surface area contributed by atoms with E-state index in [4.69, 9.17) is 4.98 Å². The molecule has 0 radical (unpaired) electrons. The number of piperazine rings is 1. The number of aromatic nitrogens is 1. The van der Waals surface area contributed by atoms with Crippen LogP contribution in [0.1, 0.15) is 15.9 Å². The quantitative estimate of drug-likeness (QED) is 0.485. The number of nitrogens with zero attached hydrogens (tertiary/aromatic N) is 3. The second kappa shape index (κ2) is 8.70. The zero-order chi connectivity index (χ0) is 21.0. The van der Waals surface area contributed by atoms with Gasteiger partial charge in [0.1, 0.15) is 0 Å². The first-order valence-corrected chi connectivity index (χ1v) is 10.8. The SMILES string of the molecule is O=C(c1cc(-c2ccccc2)nc2ccccc12)N1CCN(Cc2ccccc2)CC1. The van der Waals surface area contributed by atoms with E-state index in [2.05, 4.69) is 29.2 Å². The van der Waals surface area contributed by atoms with Gasteiger partial charge in [-0.05, 0) is 17.7 Å². The number of benzene rings is 3. The summed E-state index contributed by atoms with van der Waals surface area (Å²) in [4.78, 5) is 22.8. The first kappa shape index (κ1) is 19.5. The van der Waals surface area contributed by atoms with Gasteiger partial charge in [-0.1, -0.05) is 78.9 Å². The predicted molar refractivity (Wildman–Crippen MR) is 125 cm³/mol. The number of hydrogen-bond donors (Lipinski definition) is 0. The van der Waals surface area contributed by atoms with Crippen LogP contribution in [-0.4, -0.2) is 46.9 Å². The van der Waals surface area contributed by atoms with Gasteiger partial charge in [-0.25, -0.2) is 4.98 Å². The van der Waals surface area contributed by atoms with Gasteiger partial charge in [0.15, 0.2) is 0 Å². The summed E-state index contributed by atoms with van der Waals surface area (Å²) in [5.74, 6) is 0.0927. The molecule has 4 nitrogen and oxygen atoms in total. The van der Waals surface area contributed by atoms with E-state index in [9.17, 15) is 4.79 Å². The molecule has 154 valence electrons. The summed E-state index contributed by atoms with van der Waals surface area (Å²) in [6, 6.07) is 30.5. The Kier molecular flexibility index (Phi) is 5.46. The van der Waals surface area contributed by atoms with Crippen LogP contribution in [0.3, 0.4) is 0 Å². The summed E-state index contributed by atoms with van der Waals surface area (Å²) in [5, 5.41) is 0.916. The van der Waals surface area contributed by atoms with Crippen molar-refractivity contribution in [2.45, 2.75) is 6.54 Å². The van der Waals surface area contributed by atoms with Crippen molar-refractivity contribution >= 4 is 16.8 Å². The molecule has 4 heteroatoms. The van der Waals surface area contributed by atoms with Crippen molar-refractivity contribution in [3.8, 4) is 11.3 Å². The van der Waals surface area contributed by atoms with E-state index < -0.39 is 0 Å². The van der Waals surface area contributed by atoms with Gasteiger partial charge in [0.25, 0.3) is 5.91 Å². The molecule has 3 aromatic carbocycles. The van der Waals surface area contributed by atoms with Gasteiger partial charge in [0.2, 0.25) is 0 Å². The predicted octanol–water partition coefficient (Wildman–Crippen LogP) is 4.86. The molecular formula is C27H25N3O. The number of hydrogen-bond acceptors (Lipinski definition) is 3. The monoisotopic (exact) mass is 407 g/mol. The Labute approximate surface area is 182 Å². The molecule has 0 spiro atoms. The van der Waals surface area contributed by atoms with Crippen LogP contribution in [0, 0.1) is 0 Å². The fourth-order valence-electron chi connectivity index (χ4n) is 4.23. The van der Waals surface area contributed by atoms with Crippen LogP contribution in [0.4, 0.5) is 0 Å². The van der Waals surface area contributed by atoms with Gasteiger partial charge in [0, 0.05) is 43.7 Å². The van der Waals surface area contributed by atoms with Crippen molar-refractivity contribution in [1.29, 1.82) is 0 Å². The average Bonchev–Trinajstić information content (AvgIpc) is 2.84. The molecule has 1 saturated heterocycles. The Morgan fingerprint density at radius 3 is 2.16 bits per heavy atom.